The molecule has 96 valence electrons. The molecule has 0 aliphatic heterocycles. The third-order valence-corrected chi connectivity index (χ3v) is 3.19. The molecule has 0 fully saturated rings. The number of hydrogen-bond acceptors (Lipinski definition) is 2. The summed E-state index contributed by atoms with van der Waals surface area (Å²) in [5.74, 6) is -0.399. The predicted octanol–water partition coefficient (Wildman–Crippen LogP) is 3.97. The molecule has 5 heteroatoms. The molecule has 0 aliphatic carbocycles. The molecular formula is C14H11ClFN3. The number of benzene rings is 2. The molecule has 0 aliphatic rings. The highest BCUT2D eigenvalue weighted by Gasteiger charge is 2.02. The topological polar surface area (TPSA) is 40.7 Å². The first-order valence-corrected chi connectivity index (χ1v) is 6.21. The monoisotopic (exact) mass is 275 g/mol. The highest BCUT2D eigenvalue weighted by atomic mass is 35.5. The number of hydrogen-bond donors (Lipinski definition) is 2. The summed E-state index contributed by atoms with van der Waals surface area (Å²) in [6.45, 7) is 0.583. The van der Waals surface area contributed by atoms with E-state index in [0.717, 1.165) is 22.3 Å². The third-order valence-electron chi connectivity index (χ3n) is 2.90. The quantitative estimate of drug-likeness (QED) is 0.759. The predicted molar refractivity (Wildman–Crippen MR) is 74.8 cm³/mol. The number of fused-ring (bicyclic) bond motifs is 1. The Labute approximate surface area is 114 Å². The van der Waals surface area contributed by atoms with Gasteiger partial charge in [0.25, 0.3) is 0 Å². The molecule has 2 aromatic carbocycles. The minimum Gasteiger partial charge on any atom is -0.381 e. The molecular weight excluding hydrogens is 265 g/mol. The normalized spacial score (nSPS) is 10.8. The molecule has 0 bridgehead atoms. The van der Waals surface area contributed by atoms with E-state index < -0.39 is 5.82 Å². The van der Waals surface area contributed by atoms with Gasteiger partial charge in [-0.3, -0.25) is 0 Å². The Morgan fingerprint density at radius 2 is 2.11 bits per heavy atom. The Hall–Kier alpha value is -2.07. The number of aromatic nitrogens is 2. The lowest BCUT2D eigenvalue weighted by Crippen LogP contribution is -1.99. The lowest BCUT2D eigenvalue weighted by atomic mass is 10.2. The number of H-pyrrole nitrogens is 1. The van der Waals surface area contributed by atoms with Gasteiger partial charge in [0, 0.05) is 12.2 Å². The van der Waals surface area contributed by atoms with Crippen LogP contribution in [0.2, 0.25) is 5.02 Å². The molecule has 1 aromatic heterocycles. The van der Waals surface area contributed by atoms with Crippen LogP contribution in [0, 0.1) is 5.82 Å². The second-order valence-corrected chi connectivity index (χ2v) is 4.64. The summed E-state index contributed by atoms with van der Waals surface area (Å²) in [7, 11) is 0. The maximum Gasteiger partial charge on any atom is 0.141 e. The van der Waals surface area contributed by atoms with Crippen molar-refractivity contribution in [1.82, 2.24) is 9.97 Å². The number of imidazole rings is 1. The van der Waals surface area contributed by atoms with Crippen LogP contribution in [0.1, 0.15) is 5.56 Å². The van der Waals surface area contributed by atoms with Crippen LogP contribution in [0.15, 0.2) is 42.7 Å². The zero-order chi connectivity index (χ0) is 13.2. The summed E-state index contributed by atoms with van der Waals surface area (Å²) in [6.07, 6.45) is 1.66. The minimum atomic E-state index is -0.399. The van der Waals surface area contributed by atoms with Crippen LogP contribution in [0.4, 0.5) is 10.1 Å². The van der Waals surface area contributed by atoms with E-state index in [4.69, 9.17) is 11.6 Å². The van der Waals surface area contributed by atoms with Crippen LogP contribution in [0.25, 0.3) is 11.0 Å². The van der Waals surface area contributed by atoms with E-state index in [9.17, 15) is 4.39 Å². The molecule has 19 heavy (non-hydrogen) atoms. The fourth-order valence-electron chi connectivity index (χ4n) is 1.90. The van der Waals surface area contributed by atoms with Gasteiger partial charge >= 0.3 is 0 Å². The summed E-state index contributed by atoms with van der Waals surface area (Å²) < 4.78 is 13.0. The van der Waals surface area contributed by atoms with E-state index >= 15 is 0 Å². The van der Waals surface area contributed by atoms with Crippen molar-refractivity contribution < 1.29 is 4.39 Å². The van der Waals surface area contributed by atoms with E-state index in [1.54, 1.807) is 18.5 Å². The molecule has 3 nitrogen and oxygen atoms in total. The standard InChI is InChI=1S/C14H11ClFN3/c15-11-5-9(1-3-12(11)16)7-17-10-2-4-13-14(6-10)19-8-18-13/h1-6,8,17H,7H2,(H,18,19). The van der Waals surface area contributed by atoms with Gasteiger partial charge < -0.3 is 10.3 Å². The van der Waals surface area contributed by atoms with Crippen LogP contribution in [-0.4, -0.2) is 9.97 Å². The van der Waals surface area contributed by atoms with E-state index in [0.29, 0.717) is 6.54 Å². The van der Waals surface area contributed by atoms with Gasteiger partial charge in [0.2, 0.25) is 0 Å². The maximum atomic E-state index is 13.0. The van der Waals surface area contributed by atoms with Gasteiger partial charge in [-0.15, -0.1) is 0 Å². The van der Waals surface area contributed by atoms with Crippen LogP contribution in [0.5, 0.6) is 0 Å². The van der Waals surface area contributed by atoms with Gasteiger partial charge in [-0.25, -0.2) is 9.37 Å². The van der Waals surface area contributed by atoms with Gasteiger partial charge in [-0.05, 0) is 35.9 Å². The van der Waals surface area contributed by atoms with Crippen LogP contribution in [-0.2, 0) is 6.54 Å². The fraction of sp³-hybridized carbons (Fsp3) is 0.0714. The highest BCUT2D eigenvalue weighted by Crippen LogP contribution is 2.19. The van der Waals surface area contributed by atoms with Gasteiger partial charge in [0.1, 0.15) is 5.82 Å². The van der Waals surface area contributed by atoms with Crippen LogP contribution < -0.4 is 5.32 Å². The van der Waals surface area contributed by atoms with Crippen molar-refractivity contribution in [2.75, 3.05) is 5.32 Å². The third kappa shape index (κ3) is 2.53. The molecule has 0 unspecified atom stereocenters. The number of nitrogens with zero attached hydrogens (tertiary/aromatic N) is 1. The number of aromatic amines is 1. The molecule has 1 heterocycles. The second-order valence-electron chi connectivity index (χ2n) is 4.24. The first-order chi connectivity index (χ1) is 9.22. The van der Waals surface area contributed by atoms with Crippen molar-refractivity contribution >= 4 is 28.3 Å². The van der Waals surface area contributed by atoms with Gasteiger partial charge in [0.15, 0.2) is 0 Å². The zero-order valence-corrected chi connectivity index (χ0v) is 10.7. The van der Waals surface area contributed by atoms with E-state index in [1.165, 1.54) is 6.07 Å². The van der Waals surface area contributed by atoms with Gasteiger partial charge in [0.05, 0.1) is 22.4 Å². The molecule has 0 atom stereocenters. The van der Waals surface area contributed by atoms with E-state index in [2.05, 4.69) is 15.3 Å². The lowest BCUT2D eigenvalue weighted by molar-refractivity contribution is 0.627. The number of rotatable bonds is 3. The van der Waals surface area contributed by atoms with E-state index in [1.807, 2.05) is 18.2 Å². The molecule has 3 aromatic rings. The Morgan fingerprint density at radius 3 is 2.95 bits per heavy atom. The molecule has 0 saturated carbocycles. The Balaban J connectivity index is 1.75. The Kier molecular flexibility index (Phi) is 3.09. The summed E-state index contributed by atoms with van der Waals surface area (Å²) in [6, 6.07) is 10.6. The SMILES string of the molecule is Fc1ccc(CNc2ccc3nc[nH]c3c2)cc1Cl. The Morgan fingerprint density at radius 1 is 1.21 bits per heavy atom. The molecule has 2 N–H and O–H groups in total. The van der Waals surface area contributed by atoms with E-state index in [-0.39, 0.29) is 5.02 Å². The molecule has 0 radical (unpaired) electrons. The first kappa shape index (κ1) is 12.0. The smallest absolute Gasteiger partial charge is 0.141 e. The van der Waals surface area contributed by atoms with Crippen LogP contribution in [0.3, 0.4) is 0 Å². The van der Waals surface area contributed by atoms with Crippen LogP contribution >= 0.6 is 11.6 Å². The molecule has 0 spiro atoms. The zero-order valence-electron chi connectivity index (χ0n) is 9.95. The first-order valence-electron chi connectivity index (χ1n) is 5.83. The molecule has 0 amide bonds. The Bertz CT molecular complexity index is 724. The molecule has 3 rings (SSSR count). The fourth-order valence-corrected chi connectivity index (χ4v) is 2.10. The highest BCUT2D eigenvalue weighted by molar-refractivity contribution is 6.30. The average molecular weight is 276 g/mol. The maximum absolute atomic E-state index is 13.0. The number of nitrogens with one attached hydrogen (secondary N) is 2. The number of anilines is 1. The largest absolute Gasteiger partial charge is 0.381 e. The van der Waals surface area contributed by atoms with Crippen molar-refractivity contribution in [3.8, 4) is 0 Å². The summed E-state index contributed by atoms with van der Waals surface area (Å²) >= 11 is 5.74. The number of halogens is 2. The lowest BCUT2D eigenvalue weighted by Gasteiger charge is -2.07. The summed E-state index contributed by atoms with van der Waals surface area (Å²) in [4.78, 5) is 7.21. The average Bonchev–Trinajstić information content (AvgIpc) is 2.87. The van der Waals surface area contributed by atoms with Crippen molar-refractivity contribution in [2.45, 2.75) is 6.54 Å². The minimum absolute atomic E-state index is 0.142. The van der Waals surface area contributed by atoms with Crippen molar-refractivity contribution in [3.05, 3.63) is 59.1 Å². The second kappa shape index (κ2) is 4.90. The van der Waals surface area contributed by atoms with Crippen molar-refractivity contribution in [2.24, 2.45) is 0 Å². The van der Waals surface area contributed by atoms with Gasteiger partial charge in [-0.1, -0.05) is 17.7 Å². The molecule has 0 saturated heterocycles. The summed E-state index contributed by atoms with van der Waals surface area (Å²) in [5.41, 5.74) is 3.80. The summed E-state index contributed by atoms with van der Waals surface area (Å²) in [5, 5.41) is 3.40. The van der Waals surface area contributed by atoms with Gasteiger partial charge in [-0.2, -0.15) is 0 Å². The van der Waals surface area contributed by atoms with Crippen molar-refractivity contribution in [3.63, 3.8) is 0 Å². The van der Waals surface area contributed by atoms with Crippen molar-refractivity contribution in [1.29, 1.82) is 0 Å².